The first-order valence-corrected chi connectivity index (χ1v) is 9.35. The van der Waals surface area contributed by atoms with Gasteiger partial charge in [0.15, 0.2) is 11.5 Å². The molecule has 156 valence electrons. The molecule has 29 heavy (non-hydrogen) atoms. The minimum atomic E-state index is -2.97. The molecule has 0 aliphatic carbocycles. The topological polar surface area (TPSA) is 54.0 Å². The molecule has 0 spiro atoms. The first-order chi connectivity index (χ1) is 13.9. The Hall–Kier alpha value is -2.87. The van der Waals surface area contributed by atoms with Crippen molar-refractivity contribution in [3.63, 3.8) is 0 Å². The summed E-state index contributed by atoms with van der Waals surface area (Å²) in [5.41, 5.74) is 3.05. The van der Waals surface area contributed by atoms with Crippen molar-refractivity contribution < 1.29 is 23.0 Å². The minimum absolute atomic E-state index is 0.0695. The fourth-order valence-corrected chi connectivity index (χ4v) is 3.25. The summed E-state index contributed by atoms with van der Waals surface area (Å²) in [6.45, 7) is 2.94. The number of hydrogen-bond donors (Lipinski definition) is 1. The second-order valence-electron chi connectivity index (χ2n) is 6.99. The Balaban J connectivity index is 1.72. The third-order valence-electron chi connectivity index (χ3n) is 4.97. The van der Waals surface area contributed by atoms with Crippen LogP contribution in [0, 0.1) is 6.92 Å². The number of nitrogens with zero attached hydrogens (tertiary/aromatic N) is 2. The second-order valence-corrected chi connectivity index (χ2v) is 6.99. The smallest absolute Gasteiger partial charge is 0.387 e. The number of carbonyl (C=O) groups excluding carboxylic acids is 1. The van der Waals surface area contributed by atoms with Crippen LogP contribution in [0.3, 0.4) is 0 Å². The molecule has 1 saturated heterocycles. The van der Waals surface area contributed by atoms with Gasteiger partial charge in [0, 0.05) is 43.1 Å². The summed E-state index contributed by atoms with van der Waals surface area (Å²) in [5, 5.41) is 2.87. The second kappa shape index (κ2) is 9.09. The third kappa shape index (κ3) is 5.14. The van der Waals surface area contributed by atoms with Crippen LogP contribution in [0.4, 0.5) is 20.2 Å². The Kier molecular flexibility index (Phi) is 6.53. The van der Waals surface area contributed by atoms with Crippen molar-refractivity contribution in [1.82, 2.24) is 4.90 Å². The number of alkyl halides is 2. The minimum Gasteiger partial charge on any atom is -0.493 e. The maximum absolute atomic E-state index is 12.6. The van der Waals surface area contributed by atoms with E-state index in [2.05, 4.69) is 33.0 Å². The molecule has 2 aromatic rings. The molecule has 1 aliphatic heterocycles. The van der Waals surface area contributed by atoms with E-state index in [-0.39, 0.29) is 23.0 Å². The summed E-state index contributed by atoms with van der Waals surface area (Å²) in [6, 6.07) is 10.0. The molecule has 1 heterocycles. The number of aryl methyl sites for hydroxylation is 1. The summed E-state index contributed by atoms with van der Waals surface area (Å²) < 4.78 is 34.3. The van der Waals surface area contributed by atoms with Crippen molar-refractivity contribution in [2.24, 2.45) is 0 Å². The van der Waals surface area contributed by atoms with Gasteiger partial charge in [-0.15, -0.1) is 0 Å². The summed E-state index contributed by atoms with van der Waals surface area (Å²) >= 11 is 0. The van der Waals surface area contributed by atoms with Gasteiger partial charge in [-0.05, 0) is 55.9 Å². The Labute approximate surface area is 169 Å². The van der Waals surface area contributed by atoms with E-state index in [9.17, 15) is 13.6 Å². The van der Waals surface area contributed by atoms with Crippen LogP contribution in [0.5, 0.6) is 11.5 Å². The number of ether oxygens (including phenoxy) is 2. The number of hydrogen-bond acceptors (Lipinski definition) is 5. The van der Waals surface area contributed by atoms with E-state index < -0.39 is 6.61 Å². The lowest BCUT2D eigenvalue weighted by atomic mass is 10.1. The molecule has 1 aliphatic rings. The van der Waals surface area contributed by atoms with Gasteiger partial charge in [0.05, 0.1) is 7.11 Å². The van der Waals surface area contributed by atoms with Crippen molar-refractivity contribution in [1.29, 1.82) is 0 Å². The molecular formula is C21H25F2N3O3. The number of nitrogens with one attached hydrogen (secondary N) is 1. The number of likely N-dealkylation sites (N-methyl/N-ethyl adjacent to an activating group) is 1. The maximum atomic E-state index is 12.6. The highest BCUT2D eigenvalue weighted by molar-refractivity contribution is 6.05. The molecule has 3 rings (SSSR count). The summed E-state index contributed by atoms with van der Waals surface area (Å²) in [4.78, 5) is 17.2. The average molecular weight is 405 g/mol. The van der Waals surface area contributed by atoms with Crippen LogP contribution in [-0.2, 0) is 0 Å². The number of benzene rings is 2. The van der Waals surface area contributed by atoms with E-state index in [1.54, 1.807) is 0 Å². The SMILES string of the molecule is COc1cc(C(=O)Nc2ccc(N3CCN(C)CC3)cc2C)ccc1OC(F)F. The van der Waals surface area contributed by atoms with Crippen LogP contribution in [-0.4, -0.2) is 57.8 Å². The lowest BCUT2D eigenvalue weighted by Gasteiger charge is -2.34. The first kappa shape index (κ1) is 20.9. The fourth-order valence-electron chi connectivity index (χ4n) is 3.25. The molecule has 0 aromatic heterocycles. The van der Waals surface area contributed by atoms with Crippen molar-refractivity contribution in [3.05, 3.63) is 47.5 Å². The molecule has 8 heteroatoms. The molecule has 1 amide bonds. The van der Waals surface area contributed by atoms with Gasteiger partial charge in [-0.3, -0.25) is 4.79 Å². The number of halogens is 2. The first-order valence-electron chi connectivity index (χ1n) is 9.35. The standard InChI is InChI=1S/C21H25F2N3O3/c1-14-12-16(26-10-8-25(2)9-11-26)5-6-17(14)24-20(27)15-4-7-18(29-21(22)23)19(13-15)28-3/h4-7,12-13,21H,8-11H2,1-3H3,(H,24,27). The van der Waals surface area contributed by atoms with Gasteiger partial charge >= 0.3 is 6.61 Å². The quantitative estimate of drug-likeness (QED) is 0.796. The highest BCUT2D eigenvalue weighted by Crippen LogP contribution is 2.30. The molecule has 6 nitrogen and oxygen atoms in total. The van der Waals surface area contributed by atoms with Gasteiger partial charge in [0.25, 0.3) is 5.91 Å². The molecule has 0 bridgehead atoms. The van der Waals surface area contributed by atoms with Crippen molar-refractivity contribution >= 4 is 17.3 Å². The lowest BCUT2D eigenvalue weighted by molar-refractivity contribution is -0.0512. The van der Waals surface area contributed by atoms with Gasteiger partial charge in [0.1, 0.15) is 0 Å². The number of rotatable bonds is 6. The van der Waals surface area contributed by atoms with Crippen LogP contribution in [0.1, 0.15) is 15.9 Å². The largest absolute Gasteiger partial charge is 0.493 e. The monoisotopic (exact) mass is 405 g/mol. The van der Waals surface area contributed by atoms with Gasteiger partial charge in [0.2, 0.25) is 0 Å². The number of anilines is 2. The number of carbonyl (C=O) groups is 1. The summed E-state index contributed by atoms with van der Waals surface area (Å²) in [7, 11) is 3.44. The molecule has 0 saturated carbocycles. The zero-order valence-electron chi connectivity index (χ0n) is 16.7. The van der Waals surface area contributed by atoms with Gasteiger partial charge in [-0.1, -0.05) is 0 Å². The van der Waals surface area contributed by atoms with Crippen LogP contribution in [0.25, 0.3) is 0 Å². The van der Waals surface area contributed by atoms with E-state index in [1.807, 2.05) is 19.1 Å². The van der Waals surface area contributed by atoms with Gasteiger partial charge in [-0.25, -0.2) is 0 Å². The predicted octanol–water partition coefficient (Wildman–Crippen LogP) is 3.61. The molecule has 2 aromatic carbocycles. The number of piperazine rings is 1. The molecule has 0 atom stereocenters. The Bertz CT molecular complexity index is 868. The normalized spacial score (nSPS) is 14.8. The number of methoxy groups -OCH3 is 1. The van der Waals surface area contributed by atoms with Crippen LogP contribution >= 0.6 is 0 Å². The zero-order valence-corrected chi connectivity index (χ0v) is 16.7. The molecule has 1 fully saturated rings. The lowest BCUT2D eigenvalue weighted by Crippen LogP contribution is -2.44. The Morgan fingerprint density at radius 3 is 2.41 bits per heavy atom. The summed E-state index contributed by atoms with van der Waals surface area (Å²) in [6.07, 6.45) is 0. The molecule has 0 radical (unpaired) electrons. The summed E-state index contributed by atoms with van der Waals surface area (Å²) in [5.74, 6) is -0.408. The van der Waals surface area contributed by atoms with Crippen LogP contribution in [0.15, 0.2) is 36.4 Å². The molecular weight excluding hydrogens is 380 g/mol. The van der Waals surface area contributed by atoms with Gasteiger partial charge < -0.3 is 24.6 Å². The average Bonchev–Trinajstić information content (AvgIpc) is 2.70. The van der Waals surface area contributed by atoms with Crippen LogP contribution < -0.4 is 19.7 Å². The van der Waals surface area contributed by atoms with Gasteiger partial charge in [-0.2, -0.15) is 8.78 Å². The maximum Gasteiger partial charge on any atom is 0.387 e. The fraction of sp³-hybridized carbons (Fsp3) is 0.381. The highest BCUT2D eigenvalue weighted by atomic mass is 19.3. The van der Waals surface area contributed by atoms with Crippen molar-refractivity contribution in [3.8, 4) is 11.5 Å². The van der Waals surface area contributed by atoms with E-state index in [1.165, 1.54) is 25.3 Å². The molecule has 0 unspecified atom stereocenters. The highest BCUT2D eigenvalue weighted by Gasteiger charge is 2.17. The predicted molar refractivity (Wildman–Crippen MR) is 108 cm³/mol. The molecule has 1 N–H and O–H groups in total. The zero-order chi connectivity index (χ0) is 21.0. The van der Waals surface area contributed by atoms with Crippen molar-refractivity contribution in [2.75, 3.05) is 50.6 Å². The van der Waals surface area contributed by atoms with E-state index in [0.29, 0.717) is 5.69 Å². The third-order valence-corrected chi connectivity index (χ3v) is 4.97. The van der Waals surface area contributed by atoms with E-state index in [4.69, 9.17) is 4.74 Å². The Morgan fingerprint density at radius 2 is 1.79 bits per heavy atom. The van der Waals surface area contributed by atoms with E-state index >= 15 is 0 Å². The Morgan fingerprint density at radius 1 is 1.07 bits per heavy atom. The number of amides is 1. The van der Waals surface area contributed by atoms with E-state index in [0.717, 1.165) is 37.4 Å². The van der Waals surface area contributed by atoms with Crippen LogP contribution in [0.2, 0.25) is 0 Å². The van der Waals surface area contributed by atoms with Crippen molar-refractivity contribution in [2.45, 2.75) is 13.5 Å².